The molecule has 5 aliphatic heterocycles. The molecule has 3 saturated carbocycles. The Hall–Kier alpha value is -1.39. The molecule has 1 spiro atoms. The third-order valence-electron chi connectivity index (χ3n) is 17.6. The molecule has 5 heterocycles. The fraction of sp³-hybridized carbons (Fsp3) is 0.935. The summed E-state index contributed by atoms with van der Waals surface area (Å²) in [6.07, 6.45) is -9.22. The van der Waals surface area contributed by atoms with Crippen molar-refractivity contribution in [3.05, 3.63) is 11.6 Å². The molecule has 5 saturated heterocycles. The van der Waals surface area contributed by atoms with E-state index in [0.29, 0.717) is 48.3 Å². The molecule has 8 fully saturated rings. The number of hydrogen-bond donors (Lipinski definition) is 7. The zero-order valence-corrected chi connectivity index (χ0v) is 37.5. The maximum atomic E-state index is 12.0. The van der Waals surface area contributed by atoms with Crippen LogP contribution in [0.4, 0.5) is 0 Å². The normalized spacial score (nSPS) is 55.4. The van der Waals surface area contributed by atoms with Crippen LogP contribution in [0.25, 0.3) is 0 Å². The van der Waals surface area contributed by atoms with Crippen LogP contribution in [-0.4, -0.2) is 166 Å². The lowest BCUT2D eigenvalue weighted by Gasteiger charge is -2.58. The van der Waals surface area contributed by atoms with Gasteiger partial charge >= 0.3 is 5.97 Å². The first-order chi connectivity index (χ1) is 29.9. The summed E-state index contributed by atoms with van der Waals surface area (Å²) in [6.45, 7) is 12.0. The van der Waals surface area contributed by atoms with Gasteiger partial charge in [-0.3, -0.25) is 4.79 Å². The van der Waals surface area contributed by atoms with E-state index in [4.69, 9.17) is 42.6 Å². The van der Waals surface area contributed by atoms with Gasteiger partial charge in [0.1, 0.15) is 67.6 Å². The Bertz CT molecular complexity index is 1670. The monoisotopic (exact) mass is 896 g/mol. The van der Waals surface area contributed by atoms with Crippen LogP contribution in [-0.2, 0) is 47.4 Å². The topological polar surface area (TPSA) is 242 Å². The van der Waals surface area contributed by atoms with Gasteiger partial charge in [0.25, 0.3) is 0 Å². The summed E-state index contributed by atoms with van der Waals surface area (Å²) in [5, 5.41) is 76.0. The van der Waals surface area contributed by atoms with Crippen molar-refractivity contribution in [1.82, 2.24) is 0 Å². The quantitative estimate of drug-likeness (QED) is 0.128. The van der Waals surface area contributed by atoms with Crippen LogP contribution in [0.5, 0.6) is 0 Å². The van der Waals surface area contributed by atoms with Crippen LogP contribution in [0.15, 0.2) is 11.6 Å². The predicted octanol–water partition coefficient (Wildman–Crippen LogP) is 1.42. The summed E-state index contributed by atoms with van der Waals surface area (Å²) in [5.74, 6) is 1.98. The largest absolute Gasteiger partial charge is 0.463 e. The molecule has 0 aromatic carbocycles. The van der Waals surface area contributed by atoms with Crippen LogP contribution >= 0.6 is 0 Å². The van der Waals surface area contributed by atoms with E-state index in [9.17, 15) is 40.5 Å². The van der Waals surface area contributed by atoms with E-state index in [1.807, 2.05) is 0 Å². The van der Waals surface area contributed by atoms with Crippen molar-refractivity contribution in [3.8, 4) is 0 Å². The molecule has 0 radical (unpaired) electrons. The van der Waals surface area contributed by atoms with Crippen LogP contribution < -0.4 is 0 Å². The number of carbonyl (C=O) groups is 1. The Morgan fingerprint density at radius 2 is 1.49 bits per heavy atom. The Labute approximate surface area is 369 Å². The van der Waals surface area contributed by atoms with E-state index >= 15 is 0 Å². The van der Waals surface area contributed by atoms with Crippen LogP contribution in [0, 0.1) is 46.3 Å². The number of fused-ring (bicyclic) bond motifs is 7. The van der Waals surface area contributed by atoms with Crippen molar-refractivity contribution in [3.63, 3.8) is 0 Å². The minimum atomic E-state index is -1.72. The summed E-state index contributed by atoms with van der Waals surface area (Å²) in [6, 6.07) is 0. The Kier molecular flexibility index (Phi) is 13.1. The van der Waals surface area contributed by atoms with Gasteiger partial charge in [0.2, 0.25) is 0 Å². The minimum Gasteiger partial charge on any atom is -0.463 e. The van der Waals surface area contributed by atoms with Gasteiger partial charge in [0.15, 0.2) is 24.7 Å². The highest BCUT2D eigenvalue weighted by Gasteiger charge is 2.69. The SMILES string of the molecule is CC(=O)OC[C@@H]1OC(O[C@H]2[C@H](O)[C@@H](OC3O[C@@H](C)[C@H](O)[C@@H](O)[C@H]3O)[C@H](O[C@H]3CC[C@@]4(C)C(=CCC5C6CC7O[C@]8(CC[C@@H](C)CO8)C(C)C7[C@@]6(C)CCC54)C3)O[C@@H]2CO)[C@H](O)[C@H]1O. The third kappa shape index (κ3) is 7.97. The number of ether oxygens (including phenoxy) is 9. The van der Waals surface area contributed by atoms with E-state index in [2.05, 4.69) is 33.8 Å². The number of esters is 1. The number of rotatable bonds is 9. The first-order valence-electron chi connectivity index (χ1n) is 23.7. The highest BCUT2D eigenvalue weighted by molar-refractivity contribution is 5.65. The molecule has 25 atom stereocenters. The molecule has 9 rings (SSSR count). The third-order valence-corrected chi connectivity index (χ3v) is 17.6. The second-order valence-electron chi connectivity index (χ2n) is 21.2. The molecule has 17 nitrogen and oxygen atoms in total. The predicted molar refractivity (Wildman–Crippen MR) is 218 cm³/mol. The first-order valence-corrected chi connectivity index (χ1v) is 23.7. The first kappa shape index (κ1) is 46.7. The summed E-state index contributed by atoms with van der Waals surface area (Å²) < 4.78 is 55.2. The standard InChI is InChI=1S/C46H72O17/c1-20-9-14-46(56-18-20)21(2)32-29(63-46)16-28-26-8-7-24-15-25(10-12-44(24,5)27(26)11-13-45(28,32)6)58-43-40(62-41-37(53)35(51)33(49)22(3)57-41)38(54)39(30(17-47)59-43)61-42-36(52)34(50)31(60-42)19-55-23(4)48/h7,20-22,25-43,47,49-54H,8-19H2,1-6H3/t20-,21?,22+,25+,26?,27?,28?,29?,30-,31+,32?,33+,34+,35-,36-,37-,38+,39-,40-,41?,42?,43-,44+,45+,46-/m1/s1. The zero-order valence-electron chi connectivity index (χ0n) is 37.5. The maximum absolute atomic E-state index is 12.0. The van der Waals surface area contributed by atoms with Gasteiger partial charge in [-0.15, -0.1) is 0 Å². The molecule has 4 aliphatic carbocycles. The lowest BCUT2D eigenvalue weighted by molar-refractivity contribution is -0.380. The molecular weight excluding hydrogens is 824 g/mol. The van der Waals surface area contributed by atoms with E-state index in [-0.39, 0.29) is 29.6 Å². The fourth-order valence-corrected chi connectivity index (χ4v) is 14.0. The van der Waals surface area contributed by atoms with Gasteiger partial charge in [-0.25, -0.2) is 0 Å². The van der Waals surface area contributed by atoms with Gasteiger partial charge < -0.3 is 78.4 Å². The summed E-state index contributed by atoms with van der Waals surface area (Å²) in [7, 11) is 0. The van der Waals surface area contributed by atoms with Crippen molar-refractivity contribution in [1.29, 1.82) is 0 Å². The van der Waals surface area contributed by atoms with Crippen molar-refractivity contribution < 1.29 is 83.2 Å². The molecule has 0 aromatic rings. The highest BCUT2D eigenvalue weighted by Crippen LogP contribution is 2.70. The lowest BCUT2D eigenvalue weighted by Crippen LogP contribution is -2.65. The Morgan fingerprint density at radius 1 is 0.778 bits per heavy atom. The molecule has 8 unspecified atom stereocenters. The van der Waals surface area contributed by atoms with Crippen LogP contribution in [0.3, 0.4) is 0 Å². The minimum absolute atomic E-state index is 0.0271. The van der Waals surface area contributed by atoms with Crippen molar-refractivity contribution in [2.45, 2.75) is 203 Å². The van der Waals surface area contributed by atoms with Gasteiger partial charge in [-0.1, -0.05) is 39.3 Å². The number of aliphatic hydroxyl groups excluding tert-OH is 7. The molecule has 0 aromatic heterocycles. The zero-order chi connectivity index (χ0) is 44.9. The summed E-state index contributed by atoms with van der Waals surface area (Å²) in [5.41, 5.74) is 1.51. The Morgan fingerprint density at radius 3 is 2.21 bits per heavy atom. The van der Waals surface area contributed by atoms with Gasteiger partial charge in [-0.2, -0.15) is 0 Å². The molecule has 17 heteroatoms. The smallest absolute Gasteiger partial charge is 0.302 e. The summed E-state index contributed by atoms with van der Waals surface area (Å²) in [4.78, 5) is 11.4. The summed E-state index contributed by atoms with van der Waals surface area (Å²) >= 11 is 0. The molecule has 358 valence electrons. The lowest BCUT2D eigenvalue weighted by atomic mass is 9.47. The highest BCUT2D eigenvalue weighted by atomic mass is 16.8. The van der Waals surface area contributed by atoms with E-state index in [1.54, 1.807) is 0 Å². The van der Waals surface area contributed by atoms with Crippen molar-refractivity contribution in [2.75, 3.05) is 19.8 Å². The van der Waals surface area contributed by atoms with Gasteiger partial charge in [0.05, 0.1) is 31.5 Å². The van der Waals surface area contributed by atoms with Gasteiger partial charge in [-0.05, 0) is 98.7 Å². The molecule has 0 amide bonds. The van der Waals surface area contributed by atoms with Crippen LogP contribution in [0.1, 0.15) is 99.3 Å². The van der Waals surface area contributed by atoms with Gasteiger partial charge in [0, 0.05) is 19.3 Å². The van der Waals surface area contributed by atoms with E-state index < -0.39 is 104 Å². The number of aliphatic hydroxyl groups is 7. The van der Waals surface area contributed by atoms with Crippen molar-refractivity contribution in [2.24, 2.45) is 46.3 Å². The number of allylic oxidation sites excluding steroid dienone is 1. The maximum Gasteiger partial charge on any atom is 0.302 e. The molecular formula is C46H72O17. The average molecular weight is 897 g/mol. The van der Waals surface area contributed by atoms with Crippen molar-refractivity contribution >= 4 is 5.97 Å². The molecule has 9 aliphatic rings. The van der Waals surface area contributed by atoms with E-state index in [1.165, 1.54) is 19.4 Å². The average Bonchev–Trinajstić information content (AvgIpc) is 3.81. The fourth-order valence-electron chi connectivity index (χ4n) is 14.0. The molecule has 0 bridgehead atoms. The van der Waals surface area contributed by atoms with Crippen LogP contribution in [0.2, 0.25) is 0 Å². The second-order valence-corrected chi connectivity index (χ2v) is 21.2. The molecule has 7 N–H and O–H groups in total. The number of hydrogen-bond acceptors (Lipinski definition) is 17. The number of carbonyl (C=O) groups excluding carboxylic acids is 1. The second kappa shape index (κ2) is 17.6. The molecule has 63 heavy (non-hydrogen) atoms. The Balaban J connectivity index is 0.907. The van der Waals surface area contributed by atoms with E-state index in [0.717, 1.165) is 51.6 Å².